The third-order valence-corrected chi connectivity index (χ3v) is 8.79. The standard InChI is InChI=1S/C22H26N4O4S2/c1-25(14-19-23-18-12-13-31-20(18)21(27)24-19)22(28)15-8-10-17(11-9-15)32(29,30)26(2)16-6-4-3-5-7-16/h8-13,16H,3-7,14H2,1-2H3,(H,23,24,27). The number of carbonyl (C=O) groups excluding carboxylic acids is 1. The van der Waals surface area contributed by atoms with E-state index in [0.717, 1.165) is 32.1 Å². The van der Waals surface area contributed by atoms with Gasteiger partial charge >= 0.3 is 0 Å². The minimum Gasteiger partial charge on any atom is -0.334 e. The topological polar surface area (TPSA) is 103 Å². The third-order valence-electron chi connectivity index (χ3n) is 5.96. The molecule has 8 nitrogen and oxygen atoms in total. The van der Waals surface area contributed by atoms with Gasteiger partial charge in [-0.05, 0) is 48.6 Å². The quantitative estimate of drug-likeness (QED) is 0.591. The van der Waals surface area contributed by atoms with E-state index in [9.17, 15) is 18.0 Å². The van der Waals surface area contributed by atoms with Crippen LogP contribution in [-0.4, -0.2) is 53.6 Å². The summed E-state index contributed by atoms with van der Waals surface area (Å²) in [6.45, 7) is 0.129. The van der Waals surface area contributed by atoms with E-state index in [4.69, 9.17) is 0 Å². The molecule has 1 fully saturated rings. The van der Waals surface area contributed by atoms with Gasteiger partial charge in [0.05, 0.1) is 17.0 Å². The highest BCUT2D eigenvalue weighted by molar-refractivity contribution is 7.89. The fraction of sp³-hybridized carbons (Fsp3) is 0.409. The van der Waals surface area contributed by atoms with Crippen LogP contribution in [0.5, 0.6) is 0 Å². The number of amides is 1. The molecular weight excluding hydrogens is 448 g/mol. The predicted octanol–water partition coefficient (Wildman–Crippen LogP) is 3.21. The summed E-state index contributed by atoms with van der Waals surface area (Å²) in [5.74, 6) is 0.104. The molecule has 10 heteroatoms. The smallest absolute Gasteiger partial charge is 0.268 e. The van der Waals surface area contributed by atoms with Gasteiger partial charge < -0.3 is 9.88 Å². The van der Waals surface area contributed by atoms with E-state index in [-0.39, 0.29) is 28.9 Å². The lowest BCUT2D eigenvalue weighted by atomic mass is 9.96. The highest BCUT2D eigenvalue weighted by Crippen LogP contribution is 2.26. The van der Waals surface area contributed by atoms with Crippen molar-refractivity contribution in [1.29, 1.82) is 0 Å². The van der Waals surface area contributed by atoms with Crippen molar-refractivity contribution in [2.24, 2.45) is 0 Å². The molecule has 1 saturated carbocycles. The number of sulfonamides is 1. The summed E-state index contributed by atoms with van der Waals surface area (Å²) in [4.78, 5) is 33.7. The summed E-state index contributed by atoms with van der Waals surface area (Å²) >= 11 is 1.32. The summed E-state index contributed by atoms with van der Waals surface area (Å²) in [6, 6.07) is 7.80. The van der Waals surface area contributed by atoms with Crippen LogP contribution < -0.4 is 5.56 Å². The Hall–Kier alpha value is -2.56. The van der Waals surface area contributed by atoms with E-state index < -0.39 is 10.0 Å². The van der Waals surface area contributed by atoms with Gasteiger partial charge in [0.15, 0.2) is 0 Å². The van der Waals surface area contributed by atoms with Gasteiger partial charge in [0.2, 0.25) is 10.0 Å². The SMILES string of the molecule is CN(Cc1nc2ccsc2c(=O)[nH]1)C(=O)c1ccc(S(=O)(=O)N(C)C2CCCCC2)cc1. The number of hydrogen-bond donors (Lipinski definition) is 1. The number of aromatic nitrogens is 2. The number of carbonyl (C=O) groups is 1. The van der Waals surface area contributed by atoms with E-state index in [0.29, 0.717) is 21.6 Å². The van der Waals surface area contributed by atoms with Crippen molar-refractivity contribution in [1.82, 2.24) is 19.2 Å². The van der Waals surface area contributed by atoms with Crippen LogP contribution in [0.2, 0.25) is 0 Å². The van der Waals surface area contributed by atoms with Gasteiger partial charge in [0.25, 0.3) is 11.5 Å². The molecule has 0 saturated heterocycles. The van der Waals surface area contributed by atoms with Crippen molar-refractivity contribution in [3.63, 3.8) is 0 Å². The minimum atomic E-state index is -3.61. The van der Waals surface area contributed by atoms with E-state index in [1.165, 1.54) is 44.8 Å². The van der Waals surface area contributed by atoms with Gasteiger partial charge in [-0.3, -0.25) is 9.59 Å². The number of rotatable bonds is 6. The van der Waals surface area contributed by atoms with Crippen LogP contribution in [0, 0.1) is 0 Å². The van der Waals surface area contributed by atoms with Crippen LogP contribution in [0.3, 0.4) is 0 Å². The summed E-state index contributed by atoms with van der Waals surface area (Å²) in [6.07, 6.45) is 5.00. The van der Waals surface area contributed by atoms with Crippen LogP contribution in [0.1, 0.15) is 48.3 Å². The Bertz CT molecular complexity index is 1280. The Morgan fingerprint density at radius 3 is 2.50 bits per heavy atom. The van der Waals surface area contributed by atoms with Crippen molar-refractivity contribution in [2.75, 3.05) is 14.1 Å². The number of aromatic amines is 1. The maximum absolute atomic E-state index is 13.0. The lowest BCUT2D eigenvalue weighted by molar-refractivity contribution is 0.0781. The largest absolute Gasteiger partial charge is 0.334 e. The Balaban J connectivity index is 1.47. The average molecular weight is 475 g/mol. The van der Waals surface area contributed by atoms with Crippen molar-refractivity contribution in [3.05, 3.63) is 57.5 Å². The van der Waals surface area contributed by atoms with Crippen molar-refractivity contribution < 1.29 is 13.2 Å². The summed E-state index contributed by atoms with van der Waals surface area (Å²) < 4.78 is 28.0. The third kappa shape index (κ3) is 4.48. The molecule has 0 aliphatic heterocycles. The van der Waals surface area contributed by atoms with Crippen molar-refractivity contribution in [3.8, 4) is 0 Å². The first-order valence-corrected chi connectivity index (χ1v) is 12.9. The van der Waals surface area contributed by atoms with Crippen LogP contribution in [0.25, 0.3) is 10.2 Å². The molecule has 2 aromatic heterocycles. The molecule has 2 heterocycles. The molecule has 170 valence electrons. The van der Waals surface area contributed by atoms with Gasteiger partial charge in [-0.15, -0.1) is 11.3 Å². The highest BCUT2D eigenvalue weighted by atomic mass is 32.2. The molecule has 0 bridgehead atoms. The Kier molecular flexibility index (Phi) is 6.45. The fourth-order valence-electron chi connectivity index (χ4n) is 4.09. The maximum atomic E-state index is 13.0. The Labute approximate surface area is 190 Å². The fourth-order valence-corrected chi connectivity index (χ4v) is 6.23. The predicted molar refractivity (Wildman–Crippen MR) is 124 cm³/mol. The molecule has 0 spiro atoms. The first-order chi connectivity index (χ1) is 15.3. The van der Waals surface area contributed by atoms with E-state index in [1.807, 2.05) is 0 Å². The molecule has 1 amide bonds. The summed E-state index contributed by atoms with van der Waals surface area (Å²) in [5, 5.41) is 1.80. The van der Waals surface area contributed by atoms with Crippen LogP contribution >= 0.6 is 11.3 Å². The molecule has 1 aliphatic carbocycles. The summed E-state index contributed by atoms with van der Waals surface area (Å²) in [5.41, 5.74) is 0.745. The van der Waals surface area contributed by atoms with Crippen molar-refractivity contribution in [2.45, 2.75) is 49.6 Å². The normalized spacial score (nSPS) is 15.3. The van der Waals surface area contributed by atoms with Crippen LogP contribution in [-0.2, 0) is 16.6 Å². The molecule has 3 aromatic rings. The molecule has 1 aromatic carbocycles. The second-order valence-corrected chi connectivity index (χ2v) is 11.1. The van der Waals surface area contributed by atoms with Gasteiger partial charge in [0.1, 0.15) is 10.5 Å². The minimum absolute atomic E-state index is 0.0245. The molecule has 1 aliphatic rings. The monoisotopic (exact) mass is 474 g/mol. The van der Waals surface area contributed by atoms with Gasteiger partial charge in [-0.25, -0.2) is 13.4 Å². The molecule has 0 atom stereocenters. The first-order valence-electron chi connectivity index (χ1n) is 10.6. The van der Waals surface area contributed by atoms with E-state index >= 15 is 0 Å². The second-order valence-electron chi connectivity index (χ2n) is 8.15. The number of fused-ring (bicyclic) bond motifs is 1. The van der Waals surface area contributed by atoms with Crippen LogP contribution in [0.4, 0.5) is 0 Å². The molecule has 0 radical (unpaired) electrons. The Morgan fingerprint density at radius 1 is 1.12 bits per heavy atom. The first kappa shape index (κ1) is 22.6. The van der Waals surface area contributed by atoms with E-state index in [1.54, 1.807) is 25.5 Å². The lowest BCUT2D eigenvalue weighted by Crippen LogP contribution is -2.38. The van der Waals surface area contributed by atoms with Gasteiger partial charge in [-0.2, -0.15) is 4.31 Å². The van der Waals surface area contributed by atoms with Crippen molar-refractivity contribution >= 4 is 37.5 Å². The number of H-pyrrole nitrogens is 1. The Morgan fingerprint density at radius 2 is 1.81 bits per heavy atom. The zero-order chi connectivity index (χ0) is 22.9. The number of nitrogens with one attached hydrogen (secondary N) is 1. The average Bonchev–Trinajstić information content (AvgIpc) is 3.28. The molecule has 32 heavy (non-hydrogen) atoms. The zero-order valence-corrected chi connectivity index (χ0v) is 19.7. The lowest BCUT2D eigenvalue weighted by Gasteiger charge is -2.30. The maximum Gasteiger partial charge on any atom is 0.268 e. The number of nitrogens with zero attached hydrogens (tertiary/aromatic N) is 3. The van der Waals surface area contributed by atoms with E-state index in [2.05, 4.69) is 9.97 Å². The van der Waals surface area contributed by atoms with Gasteiger partial charge in [-0.1, -0.05) is 19.3 Å². The highest BCUT2D eigenvalue weighted by Gasteiger charge is 2.29. The van der Waals surface area contributed by atoms with Gasteiger partial charge in [0, 0.05) is 25.7 Å². The van der Waals surface area contributed by atoms with Crippen LogP contribution in [0.15, 0.2) is 45.4 Å². The zero-order valence-electron chi connectivity index (χ0n) is 18.1. The molecule has 0 unspecified atom stereocenters. The molecule has 4 rings (SSSR count). The number of benzene rings is 1. The summed E-state index contributed by atoms with van der Waals surface area (Å²) in [7, 11) is -0.362. The number of hydrogen-bond acceptors (Lipinski definition) is 6. The molecule has 1 N–H and O–H groups in total. The second kappa shape index (κ2) is 9.13. The number of thiophene rings is 1. The molecular formula is C22H26N4O4S2.